The molecule has 16 heavy (non-hydrogen) atoms. The van der Waals surface area contributed by atoms with E-state index in [9.17, 15) is 0 Å². The van der Waals surface area contributed by atoms with Gasteiger partial charge in [-0.3, -0.25) is 0 Å². The predicted molar refractivity (Wildman–Crippen MR) is 74.2 cm³/mol. The highest BCUT2D eigenvalue weighted by atomic mass is 79.9. The molecule has 0 saturated carbocycles. The summed E-state index contributed by atoms with van der Waals surface area (Å²) in [7, 11) is 0. The lowest BCUT2D eigenvalue weighted by molar-refractivity contribution is 0.556. The summed E-state index contributed by atoms with van der Waals surface area (Å²) in [6, 6.07) is 6.52. The summed E-state index contributed by atoms with van der Waals surface area (Å²) in [6.07, 6.45) is 6.89. The average Bonchev–Trinajstić information content (AvgIpc) is 2.23. The first-order chi connectivity index (χ1) is 7.79. The number of nitrogens with zero attached hydrogens (tertiary/aromatic N) is 1. The van der Waals surface area contributed by atoms with Gasteiger partial charge in [0.1, 0.15) is 0 Å². The maximum absolute atomic E-state index is 3.62. The highest BCUT2D eigenvalue weighted by molar-refractivity contribution is 9.10. The van der Waals surface area contributed by atoms with Crippen LogP contribution in [0, 0.1) is 6.92 Å². The maximum atomic E-state index is 3.62. The van der Waals surface area contributed by atoms with Crippen LogP contribution >= 0.6 is 15.9 Å². The number of rotatable bonds is 1. The van der Waals surface area contributed by atoms with Gasteiger partial charge < -0.3 is 4.90 Å². The van der Waals surface area contributed by atoms with Crippen LogP contribution in [0.1, 0.15) is 37.7 Å². The Bertz CT molecular complexity index is 341. The quantitative estimate of drug-likeness (QED) is 0.731. The molecule has 0 bridgehead atoms. The van der Waals surface area contributed by atoms with Crippen LogP contribution in [0.4, 0.5) is 5.69 Å². The largest absolute Gasteiger partial charge is 0.371 e. The number of hydrogen-bond acceptors (Lipinski definition) is 1. The van der Waals surface area contributed by atoms with Gasteiger partial charge in [-0.2, -0.15) is 0 Å². The van der Waals surface area contributed by atoms with Crippen molar-refractivity contribution in [3.63, 3.8) is 0 Å². The lowest BCUT2D eigenvalue weighted by atomic mass is 10.1. The molecule has 0 N–H and O–H groups in total. The second-order valence-electron chi connectivity index (χ2n) is 4.64. The van der Waals surface area contributed by atoms with Gasteiger partial charge in [0.2, 0.25) is 0 Å². The van der Waals surface area contributed by atoms with Gasteiger partial charge in [-0.25, -0.2) is 0 Å². The van der Waals surface area contributed by atoms with Crippen molar-refractivity contribution >= 4 is 21.6 Å². The molecule has 0 unspecified atom stereocenters. The van der Waals surface area contributed by atoms with Crippen molar-refractivity contribution in [2.75, 3.05) is 18.0 Å². The average molecular weight is 282 g/mol. The molecule has 1 aliphatic heterocycles. The van der Waals surface area contributed by atoms with E-state index < -0.39 is 0 Å². The predicted octanol–water partition coefficient (Wildman–Crippen LogP) is 4.53. The molecule has 0 amide bonds. The van der Waals surface area contributed by atoms with Gasteiger partial charge in [0, 0.05) is 23.2 Å². The highest BCUT2D eigenvalue weighted by Gasteiger charge is 2.11. The second-order valence-corrected chi connectivity index (χ2v) is 5.49. The van der Waals surface area contributed by atoms with Crippen molar-refractivity contribution in [3.05, 3.63) is 28.2 Å². The molecule has 0 radical (unpaired) electrons. The van der Waals surface area contributed by atoms with E-state index in [0.717, 1.165) is 0 Å². The maximum Gasteiger partial charge on any atom is 0.0407 e. The van der Waals surface area contributed by atoms with Gasteiger partial charge in [-0.15, -0.1) is 0 Å². The fourth-order valence-corrected chi connectivity index (χ4v) is 2.78. The van der Waals surface area contributed by atoms with Gasteiger partial charge in [0.15, 0.2) is 0 Å². The molecule has 0 aliphatic carbocycles. The summed E-state index contributed by atoms with van der Waals surface area (Å²) in [5.41, 5.74) is 2.79. The molecule has 1 aromatic rings. The zero-order valence-electron chi connectivity index (χ0n) is 10.0. The molecule has 1 aliphatic rings. The van der Waals surface area contributed by atoms with Crippen molar-refractivity contribution in [2.24, 2.45) is 0 Å². The molecule has 1 fully saturated rings. The molecule has 0 aromatic heterocycles. The van der Waals surface area contributed by atoms with Crippen LogP contribution in [0.3, 0.4) is 0 Å². The summed E-state index contributed by atoms with van der Waals surface area (Å²) in [5.74, 6) is 0. The van der Waals surface area contributed by atoms with Crippen LogP contribution in [0.15, 0.2) is 22.7 Å². The normalized spacial score (nSPS) is 18.0. The van der Waals surface area contributed by atoms with Crippen LogP contribution in [0.5, 0.6) is 0 Å². The van der Waals surface area contributed by atoms with E-state index in [-0.39, 0.29) is 0 Å². The molecule has 0 atom stereocenters. The van der Waals surface area contributed by atoms with E-state index >= 15 is 0 Å². The molecular weight excluding hydrogens is 262 g/mol. The minimum atomic E-state index is 1.22. The van der Waals surface area contributed by atoms with E-state index in [1.54, 1.807) is 0 Å². The van der Waals surface area contributed by atoms with Crippen molar-refractivity contribution in [3.8, 4) is 0 Å². The number of anilines is 1. The number of halogens is 1. The Morgan fingerprint density at radius 3 is 2.31 bits per heavy atom. The number of hydrogen-bond donors (Lipinski definition) is 0. The van der Waals surface area contributed by atoms with Crippen molar-refractivity contribution in [1.29, 1.82) is 0 Å². The van der Waals surface area contributed by atoms with E-state index in [4.69, 9.17) is 0 Å². The topological polar surface area (TPSA) is 3.24 Å². The van der Waals surface area contributed by atoms with Gasteiger partial charge >= 0.3 is 0 Å². The first kappa shape index (κ1) is 12.0. The summed E-state index contributed by atoms with van der Waals surface area (Å²) in [6.45, 7) is 4.65. The number of benzene rings is 1. The Morgan fingerprint density at radius 1 is 1.00 bits per heavy atom. The zero-order valence-corrected chi connectivity index (χ0v) is 11.6. The van der Waals surface area contributed by atoms with Crippen LogP contribution < -0.4 is 4.90 Å². The van der Waals surface area contributed by atoms with Crippen molar-refractivity contribution in [1.82, 2.24) is 0 Å². The van der Waals surface area contributed by atoms with Crippen LogP contribution in [0.25, 0.3) is 0 Å². The van der Waals surface area contributed by atoms with Crippen LogP contribution in [-0.2, 0) is 0 Å². The first-order valence-electron chi connectivity index (χ1n) is 6.29. The molecule has 1 saturated heterocycles. The molecular formula is C14H20BrN. The third-order valence-corrected chi connectivity index (χ3v) is 4.29. The summed E-state index contributed by atoms with van der Waals surface area (Å²) >= 11 is 3.62. The van der Waals surface area contributed by atoms with Crippen molar-refractivity contribution in [2.45, 2.75) is 39.0 Å². The minimum absolute atomic E-state index is 1.22. The van der Waals surface area contributed by atoms with Crippen LogP contribution in [0.2, 0.25) is 0 Å². The Kier molecular flexibility index (Phi) is 4.28. The van der Waals surface area contributed by atoms with Gasteiger partial charge in [-0.05, 0) is 37.5 Å². The van der Waals surface area contributed by atoms with Crippen molar-refractivity contribution < 1.29 is 0 Å². The molecule has 2 heteroatoms. The lowest BCUT2D eigenvalue weighted by Crippen LogP contribution is -2.27. The SMILES string of the molecule is Cc1c(Br)cccc1N1CCCCCCC1. The highest BCUT2D eigenvalue weighted by Crippen LogP contribution is 2.28. The van der Waals surface area contributed by atoms with E-state index in [1.807, 2.05) is 0 Å². The summed E-state index contributed by atoms with van der Waals surface area (Å²) in [5, 5.41) is 0. The Balaban J connectivity index is 2.17. The molecule has 1 aromatic carbocycles. The minimum Gasteiger partial charge on any atom is -0.371 e. The Labute approximate surface area is 107 Å². The van der Waals surface area contributed by atoms with E-state index in [1.165, 1.54) is 60.9 Å². The molecule has 2 rings (SSSR count). The van der Waals surface area contributed by atoms with E-state index in [2.05, 4.69) is 46.0 Å². The van der Waals surface area contributed by atoms with Crippen LogP contribution in [-0.4, -0.2) is 13.1 Å². The standard InChI is InChI=1S/C14H20BrN/c1-12-13(15)8-7-9-14(12)16-10-5-3-2-4-6-11-16/h7-9H,2-6,10-11H2,1H3. The molecule has 0 spiro atoms. The fraction of sp³-hybridized carbons (Fsp3) is 0.571. The molecule has 88 valence electrons. The van der Waals surface area contributed by atoms with Gasteiger partial charge in [-0.1, -0.05) is 41.3 Å². The Morgan fingerprint density at radius 2 is 1.62 bits per heavy atom. The molecule has 1 nitrogen and oxygen atoms in total. The monoisotopic (exact) mass is 281 g/mol. The summed E-state index contributed by atoms with van der Waals surface area (Å²) in [4.78, 5) is 2.55. The first-order valence-corrected chi connectivity index (χ1v) is 7.08. The third-order valence-electron chi connectivity index (χ3n) is 3.44. The summed E-state index contributed by atoms with van der Waals surface area (Å²) < 4.78 is 1.23. The smallest absolute Gasteiger partial charge is 0.0407 e. The lowest BCUT2D eigenvalue weighted by Gasteiger charge is -2.28. The second kappa shape index (κ2) is 5.72. The fourth-order valence-electron chi connectivity index (χ4n) is 2.43. The van der Waals surface area contributed by atoms with E-state index in [0.29, 0.717) is 0 Å². The van der Waals surface area contributed by atoms with Gasteiger partial charge in [0.25, 0.3) is 0 Å². The zero-order chi connectivity index (χ0) is 11.4. The van der Waals surface area contributed by atoms with Gasteiger partial charge in [0.05, 0.1) is 0 Å². The molecule has 1 heterocycles. The third kappa shape index (κ3) is 2.79. The Hall–Kier alpha value is -0.500.